The van der Waals surface area contributed by atoms with Gasteiger partial charge in [0.25, 0.3) is 0 Å². The fraction of sp³-hybridized carbons (Fsp3) is 0.583. The van der Waals surface area contributed by atoms with Gasteiger partial charge < -0.3 is 15.4 Å². The summed E-state index contributed by atoms with van der Waals surface area (Å²) >= 11 is 0. The van der Waals surface area contributed by atoms with E-state index in [4.69, 9.17) is 4.74 Å². The van der Waals surface area contributed by atoms with E-state index in [1.165, 1.54) is 10.9 Å². The Balaban J connectivity index is 1.58. The second-order valence-electron chi connectivity index (χ2n) is 10.8. The van der Waals surface area contributed by atoms with E-state index in [1.807, 2.05) is 13.8 Å². The molecule has 0 atom stereocenters. The number of tetrazole rings is 1. The van der Waals surface area contributed by atoms with Crippen molar-refractivity contribution in [1.29, 1.82) is 0 Å². The number of nitrogens with one attached hydrogen (secondary N) is 2. The molecule has 0 saturated carbocycles. The Hall–Kier alpha value is -3.41. The van der Waals surface area contributed by atoms with Crippen molar-refractivity contribution in [2.45, 2.75) is 84.5 Å². The van der Waals surface area contributed by atoms with E-state index in [-0.39, 0.29) is 35.0 Å². The summed E-state index contributed by atoms with van der Waals surface area (Å²) in [7, 11) is 2.14. The molecule has 4 heterocycles. The molecule has 1 aliphatic rings. The van der Waals surface area contributed by atoms with Crippen molar-refractivity contribution in [3.8, 4) is 11.6 Å². The second-order valence-corrected chi connectivity index (χ2v) is 10.8. The predicted octanol–water partition coefficient (Wildman–Crippen LogP) is 3.89. The van der Waals surface area contributed by atoms with Crippen LogP contribution in [0, 0.1) is 12.7 Å². The van der Waals surface area contributed by atoms with Gasteiger partial charge in [-0.05, 0) is 84.8 Å². The number of aryl methyl sites for hydroxylation is 1. The lowest BCUT2D eigenvalue weighted by atomic mass is 9.77. The first kappa shape index (κ1) is 25.7. The molecule has 0 bridgehead atoms. The number of piperidine rings is 1. The summed E-state index contributed by atoms with van der Waals surface area (Å²) in [5.41, 5.74) is 1.06. The zero-order valence-electron chi connectivity index (χ0n) is 22.2. The number of hydrogen-bond acceptors (Lipinski definition) is 10. The summed E-state index contributed by atoms with van der Waals surface area (Å²) in [4.78, 5) is 15.4. The Morgan fingerprint density at radius 1 is 1.11 bits per heavy atom. The maximum Gasteiger partial charge on any atom is 0.240 e. The molecule has 1 aliphatic heterocycles. The van der Waals surface area contributed by atoms with Gasteiger partial charge in [-0.2, -0.15) is 9.67 Å². The molecule has 1 saturated heterocycles. The molecule has 0 radical (unpaired) electrons. The quantitative estimate of drug-likeness (QED) is 0.496. The first-order chi connectivity index (χ1) is 16.9. The van der Waals surface area contributed by atoms with Crippen LogP contribution in [0.25, 0.3) is 5.69 Å². The molecule has 0 aliphatic carbocycles. The third-order valence-corrected chi connectivity index (χ3v) is 6.68. The highest BCUT2D eigenvalue weighted by Gasteiger charge is 2.43. The maximum absolute atomic E-state index is 14.7. The Morgan fingerprint density at radius 3 is 2.42 bits per heavy atom. The van der Waals surface area contributed by atoms with E-state index in [1.54, 1.807) is 19.2 Å². The molecule has 194 valence electrons. The minimum atomic E-state index is -0.501. The lowest BCUT2D eigenvalue weighted by Gasteiger charge is -2.53. The number of ether oxygens (including phenoxy) is 1. The van der Waals surface area contributed by atoms with Gasteiger partial charge in [-0.1, -0.05) is 0 Å². The zero-order valence-corrected chi connectivity index (χ0v) is 22.2. The summed E-state index contributed by atoms with van der Waals surface area (Å²) in [5, 5.41) is 18.1. The van der Waals surface area contributed by atoms with Crippen LogP contribution in [0.5, 0.6) is 5.88 Å². The van der Waals surface area contributed by atoms with Crippen molar-refractivity contribution >= 4 is 17.5 Å². The third-order valence-electron chi connectivity index (χ3n) is 6.68. The summed E-state index contributed by atoms with van der Waals surface area (Å²) in [6, 6.07) is 1.85. The van der Waals surface area contributed by atoms with Crippen LogP contribution in [0.2, 0.25) is 0 Å². The minimum Gasteiger partial charge on any atom is -0.473 e. The molecule has 0 aromatic carbocycles. The highest BCUT2D eigenvalue weighted by atomic mass is 19.1. The van der Waals surface area contributed by atoms with Crippen LogP contribution in [-0.4, -0.2) is 70.3 Å². The van der Waals surface area contributed by atoms with Crippen molar-refractivity contribution in [2.75, 3.05) is 17.7 Å². The lowest BCUT2D eigenvalue weighted by Crippen LogP contribution is -2.61. The molecule has 3 aromatic rings. The molecule has 4 rings (SSSR count). The monoisotopic (exact) mass is 498 g/mol. The normalized spacial score (nSPS) is 17.8. The number of nitrogens with zero attached hydrogens (tertiary/aromatic N) is 8. The van der Waals surface area contributed by atoms with Gasteiger partial charge in [0.2, 0.25) is 11.8 Å². The number of anilines is 3. The Kier molecular flexibility index (Phi) is 6.82. The van der Waals surface area contributed by atoms with Crippen molar-refractivity contribution < 1.29 is 9.13 Å². The van der Waals surface area contributed by atoms with Crippen LogP contribution in [0.3, 0.4) is 0 Å². The number of aromatic nitrogens is 7. The van der Waals surface area contributed by atoms with E-state index >= 15 is 0 Å². The summed E-state index contributed by atoms with van der Waals surface area (Å²) < 4.78 is 22.1. The van der Waals surface area contributed by atoms with Gasteiger partial charge in [0, 0.05) is 17.1 Å². The molecule has 0 unspecified atom stereocenters. The van der Waals surface area contributed by atoms with Gasteiger partial charge in [-0.15, -0.1) is 5.10 Å². The van der Waals surface area contributed by atoms with Crippen LogP contribution in [0.4, 0.5) is 21.8 Å². The number of hydrogen-bond donors (Lipinski definition) is 2. The highest BCUT2D eigenvalue weighted by Crippen LogP contribution is 2.38. The van der Waals surface area contributed by atoms with Gasteiger partial charge in [0.05, 0.1) is 24.2 Å². The van der Waals surface area contributed by atoms with Gasteiger partial charge in [-0.3, -0.25) is 4.90 Å². The molecule has 0 spiro atoms. The molecule has 3 aromatic heterocycles. The Bertz CT molecular complexity index is 1210. The summed E-state index contributed by atoms with van der Waals surface area (Å²) in [5.74, 6) is 0.873. The van der Waals surface area contributed by atoms with Crippen molar-refractivity contribution in [3.63, 3.8) is 0 Å². The van der Waals surface area contributed by atoms with Crippen molar-refractivity contribution in [2.24, 2.45) is 0 Å². The average Bonchev–Trinajstić information content (AvgIpc) is 3.20. The minimum absolute atomic E-state index is 0.0414. The van der Waals surface area contributed by atoms with Gasteiger partial charge in [0.1, 0.15) is 5.69 Å². The van der Waals surface area contributed by atoms with Gasteiger partial charge in [-0.25, -0.2) is 14.4 Å². The first-order valence-corrected chi connectivity index (χ1v) is 12.1. The standard InChI is InChI=1S/C24H35FN10O/c1-14(2)36-21-19(35-15(3)31-32-33-35)9-16(12-26-21)29-22-27-13-18(25)20(30-22)28-17-10-23(4,5)34(8)24(6,7)11-17/h9,12-14,17H,10-11H2,1-8H3,(H2,27,28,29,30). The molecule has 1 fully saturated rings. The maximum atomic E-state index is 14.7. The fourth-order valence-corrected chi connectivity index (χ4v) is 4.75. The third kappa shape index (κ3) is 5.38. The number of rotatable bonds is 7. The summed E-state index contributed by atoms with van der Waals surface area (Å²) in [6.45, 7) is 14.4. The predicted molar refractivity (Wildman–Crippen MR) is 135 cm³/mol. The van der Waals surface area contributed by atoms with E-state index in [0.29, 0.717) is 23.1 Å². The van der Waals surface area contributed by atoms with E-state index in [0.717, 1.165) is 12.8 Å². The van der Waals surface area contributed by atoms with E-state index in [9.17, 15) is 4.39 Å². The number of halogens is 1. The van der Waals surface area contributed by atoms with E-state index < -0.39 is 5.82 Å². The van der Waals surface area contributed by atoms with Gasteiger partial charge in [0.15, 0.2) is 17.5 Å². The average molecular weight is 499 g/mol. The molecule has 11 nitrogen and oxygen atoms in total. The molecule has 0 amide bonds. The number of pyridine rings is 1. The molecular formula is C24H35FN10O. The van der Waals surface area contributed by atoms with Crippen molar-refractivity contribution in [3.05, 3.63) is 30.1 Å². The zero-order chi connectivity index (χ0) is 26.3. The van der Waals surface area contributed by atoms with E-state index in [2.05, 4.69) is 80.8 Å². The van der Waals surface area contributed by atoms with Crippen LogP contribution < -0.4 is 15.4 Å². The fourth-order valence-electron chi connectivity index (χ4n) is 4.75. The highest BCUT2D eigenvalue weighted by molar-refractivity contribution is 5.60. The van der Waals surface area contributed by atoms with Crippen LogP contribution in [0.1, 0.15) is 60.2 Å². The SMILES string of the molecule is Cc1nnnn1-c1cc(Nc2ncc(F)c(NC3CC(C)(C)N(C)C(C)(C)C3)n2)cnc1OC(C)C. The first-order valence-electron chi connectivity index (χ1n) is 12.1. The van der Waals surface area contributed by atoms with Crippen molar-refractivity contribution in [1.82, 2.24) is 40.1 Å². The molecule has 12 heteroatoms. The van der Waals surface area contributed by atoms with Gasteiger partial charge >= 0.3 is 0 Å². The lowest BCUT2D eigenvalue weighted by molar-refractivity contribution is -0.00778. The second kappa shape index (κ2) is 9.57. The molecular weight excluding hydrogens is 463 g/mol. The Morgan fingerprint density at radius 2 is 1.81 bits per heavy atom. The summed E-state index contributed by atoms with van der Waals surface area (Å²) in [6.07, 6.45) is 4.39. The topological polar surface area (TPSA) is 119 Å². The van der Waals surface area contributed by atoms with Crippen LogP contribution in [-0.2, 0) is 0 Å². The Labute approximate surface area is 210 Å². The van der Waals surface area contributed by atoms with Crippen LogP contribution in [0.15, 0.2) is 18.5 Å². The molecule has 36 heavy (non-hydrogen) atoms. The number of likely N-dealkylation sites (tertiary alicyclic amines) is 1. The smallest absolute Gasteiger partial charge is 0.240 e. The largest absolute Gasteiger partial charge is 0.473 e. The van der Waals surface area contributed by atoms with Crippen LogP contribution >= 0.6 is 0 Å². The molecule has 2 N–H and O–H groups in total.